The number of aliphatic hydroxyl groups is 1. The van der Waals surface area contributed by atoms with Gasteiger partial charge < -0.3 is 19.2 Å². The van der Waals surface area contributed by atoms with E-state index in [0.717, 1.165) is 10.4 Å². The molecule has 2 atom stereocenters. The molecule has 0 saturated carbocycles. The number of aliphatic hydroxyl groups excluding tert-OH is 1. The molecule has 0 bridgehead atoms. The molecule has 0 heterocycles. The van der Waals surface area contributed by atoms with E-state index in [-0.39, 0.29) is 17.6 Å². The van der Waals surface area contributed by atoms with Gasteiger partial charge >= 0.3 is 5.97 Å². The van der Waals surface area contributed by atoms with Crippen LogP contribution in [0.15, 0.2) is 60.7 Å². The third-order valence-corrected chi connectivity index (χ3v) is 11.1. The molecule has 158 valence electrons. The molecular weight excluding hydrogens is 407 g/mol. The van der Waals surface area contributed by atoms with Gasteiger partial charge in [-0.05, 0) is 15.4 Å². The largest absolute Gasteiger partial charge is 0.481 e. The maximum Gasteiger partial charge on any atom is 0.305 e. The van der Waals surface area contributed by atoms with E-state index in [0.29, 0.717) is 0 Å². The van der Waals surface area contributed by atoms with Gasteiger partial charge in [-0.25, -0.2) is 0 Å². The molecular formula is C21H29O6PSi. The first-order valence-electron chi connectivity index (χ1n) is 9.48. The maximum absolute atomic E-state index is 12.2. The number of rotatable bonds is 10. The van der Waals surface area contributed by atoms with Gasteiger partial charge in [0.1, 0.15) is 6.79 Å². The van der Waals surface area contributed by atoms with Crippen molar-refractivity contribution in [1.82, 2.24) is 0 Å². The Bertz CT molecular complexity index is 767. The SMILES string of the molecule is CC(C)(C)[Si](O[C@@H](CC(=O)O)C[PH](=O)OCO)(c1ccccc1)c1ccccc1. The van der Waals surface area contributed by atoms with Crippen LogP contribution >= 0.6 is 8.03 Å². The van der Waals surface area contributed by atoms with Gasteiger partial charge in [-0.3, -0.25) is 9.36 Å². The van der Waals surface area contributed by atoms with Crippen LogP contribution in [0.2, 0.25) is 5.04 Å². The lowest BCUT2D eigenvalue weighted by atomic mass is 10.2. The van der Waals surface area contributed by atoms with Crippen molar-refractivity contribution in [2.45, 2.75) is 38.3 Å². The quantitative estimate of drug-likeness (QED) is 0.338. The van der Waals surface area contributed by atoms with Gasteiger partial charge in [0.05, 0.1) is 12.5 Å². The van der Waals surface area contributed by atoms with E-state index in [4.69, 9.17) is 14.1 Å². The second-order valence-electron chi connectivity index (χ2n) is 7.85. The Balaban J connectivity index is 2.61. The van der Waals surface area contributed by atoms with Crippen LogP contribution in [0.25, 0.3) is 0 Å². The Labute approximate surface area is 173 Å². The van der Waals surface area contributed by atoms with Crippen LogP contribution in [-0.4, -0.2) is 43.6 Å². The van der Waals surface area contributed by atoms with Crippen molar-refractivity contribution >= 4 is 32.7 Å². The summed E-state index contributed by atoms with van der Waals surface area (Å²) in [6.45, 7) is 5.59. The van der Waals surface area contributed by atoms with Crippen LogP contribution < -0.4 is 10.4 Å². The standard InChI is InChI=1S/C21H29O6PSi/c1-21(2,3)29(18-10-6-4-7-11-18,19-12-8-5-9-13-19)27-17(14-20(23)24)15-28(25)26-16-22/h4-13,17,22,28H,14-16H2,1-3H3,(H,23,24)/t17-/m0/s1. The van der Waals surface area contributed by atoms with E-state index >= 15 is 0 Å². The van der Waals surface area contributed by atoms with Crippen molar-refractivity contribution in [3.63, 3.8) is 0 Å². The van der Waals surface area contributed by atoms with Crippen molar-refractivity contribution in [2.75, 3.05) is 13.0 Å². The number of hydrogen-bond donors (Lipinski definition) is 2. The van der Waals surface area contributed by atoms with Crippen molar-refractivity contribution < 1.29 is 28.5 Å². The number of hydrogen-bond acceptors (Lipinski definition) is 5. The van der Waals surface area contributed by atoms with Gasteiger partial charge in [-0.15, -0.1) is 0 Å². The highest BCUT2D eigenvalue weighted by Crippen LogP contribution is 2.39. The lowest BCUT2D eigenvalue weighted by Crippen LogP contribution is -2.68. The Kier molecular flexibility index (Phi) is 8.37. The van der Waals surface area contributed by atoms with E-state index in [9.17, 15) is 14.5 Å². The van der Waals surface area contributed by atoms with E-state index in [1.807, 2.05) is 60.7 Å². The third kappa shape index (κ3) is 5.87. The molecule has 0 saturated heterocycles. The molecule has 0 radical (unpaired) electrons. The Morgan fingerprint density at radius 3 is 1.90 bits per heavy atom. The molecule has 2 N–H and O–H groups in total. The first kappa shape index (κ1) is 23.5. The lowest BCUT2D eigenvalue weighted by molar-refractivity contribution is -0.138. The molecule has 0 amide bonds. The monoisotopic (exact) mass is 436 g/mol. The molecule has 2 aromatic carbocycles. The summed E-state index contributed by atoms with van der Waals surface area (Å²) < 4.78 is 23.7. The van der Waals surface area contributed by atoms with Gasteiger partial charge in [-0.2, -0.15) is 0 Å². The van der Waals surface area contributed by atoms with Crippen LogP contribution in [-0.2, 0) is 18.3 Å². The predicted molar refractivity (Wildman–Crippen MR) is 117 cm³/mol. The minimum atomic E-state index is -2.97. The topological polar surface area (TPSA) is 93.1 Å². The summed E-state index contributed by atoms with van der Waals surface area (Å²) in [6.07, 6.45) is -1.17. The van der Waals surface area contributed by atoms with Gasteiger partial charge in [0.25, 0.3) is 8.32 Å². The number of carbonyl (C=O) groups is 1. The normalized spacial score (nSPS) is 14.3. The molecule has 0 aliphatic carbocycles. The smallest absolute Gasteiger partial charge is 0.305 e. The minimum absolute atomic E-state index is 0.0674. The molecule has 2 rings (SSSR count). The van der Waals surface area contributed by atoms with Crippen LogP contribution in [0.3, 0.4) is 0 Å². The van der Waals surface area contributed by atoms with Crippen molar-refractivity contribution in [1.29, 1.82) is 0 Å². The van der Waals surface area contributed by atoms with Crippen molar-refractivity contribution in [2.24, 2.45) is 0 Å². The molecule has 0 aromatic heterocycles. The molecule has 6 nitrogen and oxygen atoms in total. The average molecular weight is 437 g/mol. The number of benzene rings is 2. The van der Waals surface area contributed by atoms with E-state index in [2.05, 4.69) is 20.8 Å². The summed E-state index contributed by atoms with van der Waals surface area (Å²) in [7, 11) is -5.60. The molecule has 0 aliphatic heterocycles. The molecule has 8 heteroatoms. The van der Waals surface area contributed by atoms with Gasteiger partial charge in [0, 0.05) is 6.16 Å². The number of aliphatic carboxylic acids is 1. The highest BCUT2D eigenvalue weighted by molar-refractivity contribution is 7.39. The molecule has 29 heavy (non-hydrogen) atoms. The van der Waals surface area contributed by atoms with Gasteiger partial charge in [-0.1, -0.05) is 81.4 Å². The van der Waals surface area contributed by atoms with Gasteiger partial charge in [0.15, 0.2) is 8.03 Å². The summed E-state index contributed by atoms with van der Waals surface area (Å²) in [5, 5.41) is 20.0. The molecule has 0 fully saturated rings. The highest BCUT2D eigenvalue weighted by atomic mass is 31.1. The second-order valence-corrected chi connectivity index (χ2v) is 13.5. The Morgan fingerprint density at radius 2 is 1.52 bits per heavy atom. The van der Waals surface area contributed by atoms with E-state index in [1.165, 1.54) is 0 Å². The summed E-state index contributed by atoms with van der Waals surface area (Å²) >= 11 is 0. The molecule has 0 aliphatic rings. The minimum Gasteiger partial charge on any atom is -0.481 e. The summed E-state index contributed by atoms with van der Waals surface area (Å²) in [5.74, 6) is -1.04. The van der Waals surface area contributed by atoms with Crippen molar-refractivity contribution in [3.8, 4) is 0 Å². The first-order chi connectivity index (χ1) is 13.7. The van der Waals surface area contributed by atoms with E-state index < -0.39 is 35.2 Å². The highest BCUT2D eigenvalue weighted by Gasteiger charge is 2.51. The molecule has 1 unspecified atom stereocenters. The zero-order valence-electron chi connectivity index (χ0n) is 17.0. The van der Waals surface area contributed by atoms with Crippen LogP contribution in [0.1, 0.15) is 27.2 Å². The third-order valence-electron chi connectivity index (χ3n) is 4.78. The fourth-order valence-corrected chi connectivity index (χ4v) is 9.32. The molecule has 2 aromatic rings. The Morgan fingerprint density at radius 1 is 1.03 bits per heavy atom. The zero-order chi connectivity index (χ0) is 21.5. The number of carboxylic acid groups (broad SMARTS) is 1. The second kappa shape index (κ2) is 10.3. The molecule has 0 spiro atoms. The average Bonchev–Trinajstić information content (AvgIpc) is 2.66. The predicted octanol–water partition coefficient (Wildman–Crippen LogP) is 2.85. The number of carboxylic acids is 1. The van der Waals surface area contributed by atoms with Crippen LogP contribution in [0, 0.1) is 0 Å². The summed E-state index contributed by atoms with van der Waals surface area (Å²) in [4.78, 5) is 11.5. The van der Waals surface area contributed by atoms with Crippen LogP contribution in [0.5, 0.6) is 0 Å². The Hall–Kier alpha value is -1.76. The van der Waals surface area contributed by atoms with Crippen molar-refractivity contribution in [3.05, 3.63) is 60.7 Å². The fourth-order valence-electron chi connectivity index (χ4n) is 3.61. The lowest BCUT2D eigenvalue weighted by Gasteiger charge is -2.45. The fraction of sp³-hybridized carbons (Fsp3) is 0.381. The van der Waals surface area contributed by atoms with E-state index in [1.54, 1.807) is 0 Å². The van der Waals surface area contributed by atoms with Crippen LogP contribution in [0.4, 0.5) is 0 Å². The maximum atomic E-state index is 12.2. The first-order valence-corrected chi connectivity index (χ1v) is 12.9. The van der Waals surface area contributed by atoms with Gasteiger partial charge in [0.2, 0.25) is 0 Å². The zero-order valence-corrected chi connectivity index (χ0v) is 19.0. The summed E-state index contributed by atoms with van der Waals surface area (Å²) in [6, 6.07) is 19.7. The summed E-state index contributed by atoms with van der Waals surface area (Å²) in [5.41, 5.74) is 0.